The van der Waals surface area contributed by atoms with E-state index in [9.17, 15) is 13.6 Å². The van der Waals surface area contributed by atoms with Crippen LogP contribution in [0.3, 0.4) is 0 Å². The Labute approximate surface area is 115 Å². The maximum Gasteiger partial charge on any atom is 0.270 e. The fraction of sp³-hybridized carbons (Fsp3) is 0.200. The van der Waals surface area contributed by atoms with Crippen LogP contribution in [0.5, 0.6) is 0 Å². The number of carbonyl (C=O) groups excluding carboxylic acids is 1. The third-order valence-corrected chi connectivity index (χ3v) is 2.78. The second-order valence-corrected chi connectivity index (χ2v) is 4.55. The molecule has 0 aliphatic heterocycles. The fourth-order valence-corrected chi connectivity index (χ4v) is 1.86. The van der Waals surface area contributed by atoms with Crippen molar-refractivity contribution in [1.82, 2.24) is 10.3 Å². The highest BCUT2D eigenvalue weighted by molar-refractivity contribution is 5.92. The van der Waals surface area contributed by atoms with Crippen molar-refractivity contribution in [3.63, 3.8) is 0 Å². The first-order chi connectivity index (χ1) is 9.54. The van der Waals surface area contributed by atoms with Gasteiger partial charge in [-0.3, -0.25) is 4.79 Å². The SMILES string of the molecule is CC(Cc1ccc(F)cc1)NC(=O)c1cccc(F)n1. The van der Waals surface area contributed by atoms with Crippen LogP contribution in [0.15, 0.2) is 42.5 Å². The molecule has 0 spiro atoms. The van der Waals surface area contributed by atoms with E-state index in [0.29, 0.717) is 6.42 Å². The van der Waals surface area contributed by atoms with Crippen molar-refractivity contribution in [2.45, 2.75) is 19.4 Å². The van der Waals surface area contributed by atoms with E-state index in [-0.39, 0.29) is 17.6 Å². The van der Waals surface area contributed by atoms with Crippen LogP contribution in [0.25, 0.3) is 0 Å². The molecule has 1 atom stereocenters. The van der Waals surface area contributed by atoms with E-state index in [2.05, 4.69) is 10.3 Å². The molecule has 0 fully saturated rings. The fourth-order valence-electron chi connectivity index (χ4n) is 1.86. The van der Waals surface area contributed by atoms with Crippen molar-refractivity contribution >= 4 is 5.91 Å². The van der Waals surface area contributed by atoms with Gasteiger partial charge >= 0.3 is 0 Å². The smallest absolute Gasteiger partial charge is 0.270 e. The molecule has 0 saturated heterocycles. The standard InChI is InChI=1S/C15H14F2N2O/c1-10(9-11-5-7-12(16)8-6-11)18-15(20)13-3-2-4-14(17)19-13/h2-8,10H,9H2,1H3,(H,18,20). The van der Waals surface area contributed by atoms with Crippen molar-refractivity contribution < 1.29 is 13.6 Å². The van der Waals surface area contributed by atoms with Gasteiger partial charge in [-0.25, -0.2) is 9.37 Å². The van der Waals surface area contributed by atoms with E-state index >= 15 is 0 Å². The Kier molecular flexibility index (Phi) is 4.40. The zero-order chi connectivity index (χ0) is 14.5. The van der Waals surface area contributed by atoms with E-state index in [1.807, 2.05) is 6.92 Å². The molecule has 0 saturated carbocycles. The molecule has 104 valence electrons. The molecule has 3 nitrogen and oxygen atoms in total. The molecular formula is C15H14F2N2O. The minimum atomic E-state index is -0.691. The second kappa shape index (κ2) is 6.23. The first-order valence-electron chi connectivity index (χ1n) is 6.22. The van der Waals surface area contributed by atoms with Crippen molar-refractivity contribution in [1.29, 1.82) is 0 Å². The Bertz CT molecular complexity index is 599. The number of amides is 1. The lowest BCUT2D eigenvalue weighted by molar-refractivity contribution is 0.0934. The highest BCUT2D eigenvalue weighted by Gasteiger charge is 2.12. The largest absolute Gasteiger partial charge is 0.348 e. The lowest BCUT2D eigenvalue weighted by Crippen LogP contribution is -2.34. The van der Waals surface area contributed by atoms with Crippen LogP contribution >= 0.6 is 0 Å². The van der Waals surface area contributed by atoms with Gasteiger partial charge in [0.25, 0.3) is 5.91 Å². The number of aromatic nitrogens is 1. The van der Waals surface area contributed by atoms with Crippen LogP contribution < -0.4 is 5.32 Å². The molecule has 1 aromatic carbocycles. The van der Waals surface area contributed by atoms with E-state index in [1.54, 1.807) is 12.1 Å². The molecule has 2 aromatic rings. The minimum absolute atomic E-state index is 0.0379. The summed E-state index contributed by atoms with van der Waals surface area (Å²) in [5.41, 5.74) is 0.947. The molecule has 1 aromatic heterocycles. The molecule has 1 amide bonds. The molecule has 1 unspecified atom stereocenters. The second-order valence-electron chi connectivity index (χ2n) is 4.55. The predicted octanol–water partition coefficient (Wildman–Crippen LogP) is 2.72. The summed E-state index contributed by atoms with van der Waals surface area (Å²) in [6, 6.07) is 9.97. The van der Waals surface area contributed by atoms with Crippen molar-refractivity contribution in [2.24, 2.45) is 0 Å². The van der Waals surface area contributed by atoms with Gasteiger partial charge < -0.3 is 5.32 Å². The number of nitrogens with zero attached hydrogens (tertiary/aromatic N) is 1. The van der Waals surface area contributed by atoms with E-state index in [4.69, 9.17) is 0 Å². The summed E-state index contributed by atoms with van der Waals surface area (Å²) in [5, 5.41) is 2.72. The zero-order valence-corrected chi connectivity index (χ0v) is 10.9. The van der Waals surface area contributed by atoms with Crippen molar-refractivity contribution in [2.75, 3.05) is 0 Å². The summed E-state index contributed by atoms with van der Waals surface area (Å²) in [6.45, 7) is 1.82. The quantitative estimate of drug-likeness (QED) is 0.872. The number of hydrogen-bond donors (Lipinski definition) is 1. The van der Waals surface area contributed by atoms with E-state index in [0.717, 1.165) is 5.56 Å². The topological polar surface area (TPSA) is 42.0 Å². The number of benzene rings is 1. The number of pyridine rings is 1. The van der Waals surface area contributed by atoms with Crippen LogP contribution in [0.1, 0.15) is 23.0 Å². The van der Waals surface area contributed by atoms with Gasteiger partial charge in [-0.15, -0.1) is 0 Å². The number of halogens is 2. The third-order valence-electron chi connectivity index (χ3n) is 2.78. The van der Waals surface area contributed by atoms with Crippen LogP contribution in [-0.2, 0) is 6.42 Å². The molecular weight excluding hydrogens is 262 g/mol. The average Bonchev–Trinajstić information content (AvgIpc) is 2.41. The van der Waals surface area contributed by atoms with E-state index < -0.39 is 11.9 Å². The highest BCUT2D eigenvalue weighted by Crippen LogP contribution is 2.06. The molecule has 20 heavy (non-hydrogen) atoms. The number of nitrogens with one attached hydrogen (secondary N) is 1. The van der Waals surface area contributed by atoms with Gasteiger partial charge in [-0.05, 0) is 43.2 Å². The molecule has 5 heteroatoms. The van der Waals surface area contributed by atoms with Gasteiger partial charge in [0.2, 0.25) is 5.95 Å². The normalized spacial score (nSPS) is 11.9. The Morgan fingerprint density at radius 3 is 2.55 bits per heavy atom. The molecule has 1 N–H and O–H groups in total. The van der Waals surface area contributed by atoms with Crippen molar-refractivity contribution in [3.05, 3.63) is 65.5 Å². The Morgan fingerprint density at radius 2 is 1.90 bits per heavy atom. The first-order valence-corrected chi connectivity index (χ1v) is 6.22. The van der Waals surface area contributed by atoms with Gasteiger partial charge in [0.15, 0.2) is 0 Å². The third kappa shape index (κ3) is 3.85. The lowest BCUT2D eigenvalue weighted by Gasteiger charge is -2.13. The van der Waals surface area contributed by atoms with Gasteiger partial charge in [-0.1, -0.05) is 18.2 Å². The highest BCUT2D eigenvalue weighted by atomic mass is 19.1. The summed E-state index contributed by atoms with van der Waals surface area (Å²) in [7, 11) is 0. The van der Waals surface area contributed by atoms with E-state index in [1.165, 1.54) is 30.3 Å². The summed E-state index contributed by atoms with van der Waals surface area (Å²) < 4.78 is 25.7. The summed E-state index contributed by atoms with van der Waals surface area (Å²) in [6.07, 6.45) is 0.557. The maximum atomic E-state index is 12.9. The number of carbonyl (C=O) groups is 1. The lowest BCUT2D eigenvalue weighted by atomic mass is 10.1. The monoisotopic (exact) mass is 276 g/mol. The average molecular weight is 276 g/mol. The molecule has 2 rings (SSSR count). The summed E-state index contributed by atoms with van der Waals surface area (Å²) >= 11 is 0. The van der Waals surface area contributed by atoms with Gasteiger partial charge in [-0.2, -0.15) is 4.39 Å². The summed E-state index contributed by atoms with van der Waals surface area (Å²) in [5.74, 6) is -1.42. The maximum absolute atomic E-state index is 12.9. The van der Waals surface area contributed by atoms with Crippen LogP contribution in [0.2, 0.25) is 0 Å². The van der Waals surface area contributed by atoms with Gasteiger partial charge in [0, 0.05) is 6.04 Å². The predicted molar refractivity (Wildman–Crippen MR) is 71.2 cm³/mol. The number of hydrogen-bond acceptors (Lipinski definition) is 2. The van der Waals surface area contributed by atoms with Crippen LogP contribution in [-0.4, -0.2) is 16.9 Å². The van der Waals surface area contributed by atoms with Gasteiger partial charge in [0.05, 0.1) is 0 Å². The molecule has 0 aliphatic rings. The van der Waals surface area contributed by atoms with Crippen molar-refractivity contribution in [3.8, 4) is 0 Å². The Hall–Kier alpha value is -2.30. The molecule has 0 radical (unpaired) electrons. The molecule has 0 bridgehead atoms. The Morgan fingerprint density at radius 1 is 1.20 bits per heavy atom. The van der Waals surface area contributed by atoms with Crippen LogP contribution in [0.4, 0.5) is 8.78 Å². The number of rotatable bonds is 4. The first kappa shape index (κ1) is 14.1. The summed E-state index contributed by atoms with van der Waals surface area (Å²) in [4.78, 5) is 15.4. The molecule has 1 heterocycles. The molecule has 0 aliphatic carbocycles. The van der Waals surface area contributed by atoms with Gasteiger partial charge in [0.1, 0.15) is 11.5 Å². The minimum Gasteiger partial charge on any atom is -0.348 e. The Balaban J connectivity index is 1.95. The van der Waals surface area contributed by atoms with Crippen LogP contribution in [0, 0.1) is 11.8 Å². The zero-order valence-electron chi connectivity index (χ0n) is 10.9.